The zero-order valence-corrected chi connectivity index (χ0v) is 12.6. The molecule has 20 heavy (non-hydrogen) atoms. The summed E-state index contributed by atoms with van der Waals surface area (Å²) in [4.78, 5) is 4.49. The van der Waals surface area contributed by atoms with Crippen molar-refractivity contribution in [2.24, 2.45) is 11.5 Å². The number of hydrogen-bond donors (Lipinski definition) is 2. The van der Waals surface area contributed by atoms with Crippen LogP contribution >= 0.6 is 11.5 Å². The molecule has 4 N–H and O–H groups in total. The summed E-state index contributed by atoms with van der Waals surface area (Å²) in [6, 6.07) is 7.57. The predicted octanol–water partition coefficient (Wildman–Crippen LogP) is 1.87. The fraction of sp³-hybridized carbons (Fsp3) is 0.429. The van der Waals surface area contributed by atoms with Crippen LogP contribution < -0.4 is 16.2 Å². The lowest BCUT2D eigenvalue weighted by Crippen LogP contribution is -2.33. The van der Waals surface area contributed by atoms with E-state index in [1.54, 1.807) is 7.11 Å². The number of hydrogen-bond acceptors (Lipinski definition) is 6. The van der Waals surface area contributed by atoms with Crippen molar-refractivity contribution in [2.75, 3.05) is 7.11 Å². The number of methoxy groups -OCH3 is 1. The Labute approximate surface area is 123 Å². The highest BCUT2D eigenvalue weighted by Crippen LogP contribution is 2.20. The van der Waals surface area contributed by atoms with E-state index in [4.69, 9.17) is 16.2 Å². The molecule has 5 nitrogen and oxygen atoms in total. The topological polar surface area (TPSA) is 87.1 Å². The van der Waals surface area contributed by atoms with Gasteiger partial charge in [0.2, 0.25) is 0 Å². The molecule has 2 atom stereocenters. The Morgan fingerprint density at radius 1 is 1.35 bits per heavy atom. The molecule has 0 saturated heterocycles. The highest BCUT2D eigenvalue weighted by molar-refractivity contribution is 7.05. The zero-order valence-electron chi connectivity index (χ0n) is 11.7. The highest BCUT2D eigenvalue weighted by atomic mass is 32.1. The first-order chi connectivity index (χ1) is 9.63. The van der Waals surface area contributed by atoms with Crippen LogP contribution in [0.2, 0.25) is 0 Å². The second kappa shape index (κ2) is 6.78. The molecule has 6 heteroatoms. The van der Waals surface area contributed by atoms with Crippen LogP contribution in [0.3, 0.4) is 0 Å². The molecule has 1 aromatic heterocycles. The minimum Gasteiger partial charge on any atom is -0.497 e. The standard InChI is InChI=1S/C14H20N4OS/c1-3-11(15)13(16)14-17-12(18-20-14)8-9-5-4-6-10(7-9)19-2/h4-7,11,13H,3,8,15-16H2,1-2H3. The fourth-order valence-electron chi connectivity index (χ4n) is 1.88. The average Bonchev–Trinajstić information content (AvgIpc) is 2.94. The summed E-state index contributed by atoms with van der Waals surface area (Å²) in [7, 11) is 1.66. The monoisotopic (exact) mass is 292 g/mol. The van der Waals surface area contributed by atoms with Crippen LogP contribution in [0.5, 0.6) is 5.75 Å². The van der Waals surface area contributed by atoms with E-state index in [9.17, 15) is 0 Å². The Morgan fingerprint density at radius 3 is 2.85 bits per heavy atom. The van der Waals surface area contributed by atoms with E-state index in [-0.39, 0.29) is 12.1 Å². The molecule has 2 rings (SSSR count). The van der Waals surface area contributed by atoms with Gasteiger partial charge in [-0.2, -0.15) is 4.37 Å². The van der Waals surface area contributed by atoms with Crippen LogP contribution in [0.25, 0.3) is 0 Å². The molecule has 0 fully saturated rings. The Hall–Kier alpha value is -1.50. The molecular weight excluding hydrogens is 272 g/mol. The smallest absolute Gasteiger partial charge is 0.147 e. The summed E-state index contributed by atoms with van der Waals surface area (Å²) in [5.41, 5.74) is 13.1. The molecule has 0 aliphatic rings. The number of rotatable bonds is 6. The van der Waals surface area contributed by atoms with Gasteiger partial charge in [-0.1, -0.05) is 19.1 Å². The summed E-state index contributed by atoms with van der Waals surface area (Å²) < 4.78 is 9.57. The third-order valence-electron chi connectivity index (χ3n) is 3.20. The van der Waals surface area contributed by atoms with E-state index in [0.29, 0.717) is 6.42 Å². The van der Waals surface area contributed by atoms with Gasteiger partial charge < -0.3 is 16.2 Å². The van der Waals surface area contributed by atoms with Gasteiger partial charge in [-0.15, -0.1) is 0 Å². The van der Waals surface area contributed by atoms with Gasteiger partial charge in [-0.3, -0.25) is 0 Å². The van der Waals surface area contributed by atoms with Crippen molar-refractivity contribution in [3.05, 3.63) is 40.7 Å². The van der Waals surface area contributed by atoms with Crippen molar-refractivity contribution in [2.45, 2.75) is 31.8 Å². The van der Waals surface area contributed by atoms with Crippen LogP contribution in [-0.2, 0) is 6.42 Å². The van der Waals surface area contributed by atoms with Crippen LogP contribution in [0, 0.1) is 0 Å². The molecule has 0 spiro atoms. The van der Waals surface area contributed by atoms with Gasteiger partial charge in [0.1, 0.15) is 16.6 Å². The lowest BCUT2D eigenvalue weighted by atomic mass is 10.1. The van der Waals surface area contributed by atoms with Crippen molar-refractivity contribution >= 4 is 11.5 Å². The van der Waals surface area contributed by atoms with E-state index in [0.717, 1.165) is 28.6 Å². The van der Waals surface area contributed by atoms with Crippen molar-refractivity contribution in [3.63, 3.8) is 0 Å². The van der Waals surface area contributed by atoms with Gasteiger partial charge in [0.25, 0.3) is 0 Å². The average molecular weight is 292 g/mol. The summed E-state index contributed by atoms with van der Waals surface area (Å²) in [5, 5.41) is 0.803. The number of ether oxygens (including phenoxy) is 1. The molecule has 1 aromatic carbocycles. The van der Waals surface area contributed by atoms with E-state index in [1.807, 2.05) is 31.2 Å². The third kappa shape index (κ3) is 3.53. The van der Waals surface area contributed by atoms with Crippen LogP contribution in [-0.4, -0.2) is 22.5 Å². The molecule has 0 amide bonds. The molecule has 0 bridgehead atoms. The zero-order chi connectivity index (χ0) is 14.5. The third-order valence-corrected chi connectivity index (χ3v) is 4.05. The van der Waals surface area contributed by atoms with Crippen molar-refractivity contribution in [1.29, 1.82) is 0 Å². The minimum atomic E-state index is -0.239. The second-order valence-corrected chi connectivity index (χ2v) is 5.46. The molecule has 2 unspecified atom stereocenters. The maximum Gasteiger partial charge on any atom is 0.147 e. The lowest BCUT2D eigenvalue weighted by Gasteiger charge is -2.14. The van der Waals surface area contributed by atoms with Gasteiger partial charge in [-0.05, 0) is 35.6 Å². The number of aromatic nitrogens is 2. The van der Waals surface area contributed by atoms with Crippen LogP contribution in [0.15, 0.2) is 24.3 Å². The SMILES string of the molecule is CCC(N)C(N)c1nc(Cc2cccc(OC)c2)ns1. The summed E-state index contributed by atoms with van der Waals surface area (Å²) in [5.74, 6) is 1.61. The second-order valence-electron chi connectivity index (χ2n) is 4.68. The Bertz CT molecular complexity index is 558. The first kappa shape index (κ1) is 14.9. The summed E-state index contributed by atoms with van der Waals surface area (Å²) >= 11 is 1.33. The molecule has 0 aliphatic carbocycles. The lowest BCUT2D eigenvalue weighted by molar-refractivity contribution is 0.414. The molecular formula is C14H20N4OS. The molecule has 1 heterocycles. The molecule has 0 aliphatic heterocycles. The fourth-order valence-corrected chi connectivity index (χ4v) is 2.62. The number of nitrogens with two attached hydrogens (primary N) is 2. The van der Waals surface area contributed by atoms with E-state index >= 15 is 0 Å². The Morgan fingerprint density at radius 2 is 2.15 bits per heavy atom. The van der Waals surface area contributed by atoms with Crippen molar-refractivity contribution < 1.29 is 4.74 Å². The van der Waals surface area contributed by atoms with Gasteiger partial charge in [-0.25, -0.2) is 4.98 Å². The van der Waals surface area contributed by atoms with E-state index in [1.165, 1.54) is 11.5 Å². The van der Waals surface area contributed by atoms with Crippen molar-refractivity contribution in [3.8, 4) is 5.75 Å². The van der Waals surface area contributed by atoms with Crippen molar-refractivity contribution in [1.82, 2.24) is 9.36 Å². The van der Waals surface area contributed by atoms with Crippen LogP contribution in [0.4, 0.5) is 0 Å². The first-order valence-electron chi connectivity index (χ1n) is 6.60. The van der Waals surface area contributed by atoms with Gasteiger partial charge in [0.05, 0.1) is 13.2 Å². The first-order valence-corrected chi connectivity index (χ1v) is 7.38. The maximum absolute atomic E-state index is 6.06. The Kier molecular flexibility index (Phi) is 5.05. The molecule has 108 valence electrons. The summed E-state index contributed by atoms with van der Waals surface area (Å²) in [6.45, 7) is 2.02. The highest BCUT2D eigenvalue weighted by Gasteiger charge is 2.18. The maximum atomic E-state index is 6.06. The Balaban J connectivity index is 2.09. The number of benzene rings is 1. The quantitative estimate of drug-likeness (QED) is 0.848. The van der Waals surface area contributed by atoms with Gasteiger partial charge >= 0.3 is 0 Å². The normalized spacial score (nSPS) is 14.0. The van der Waals surface area contributed by atoms with E-state index < -0.39 is 0 Å². The largest absolute Gasteiger partial charge is 0.497 e. The predicted molar refractivity (Wildman–Crippen MR) is 80.9 cm³/mol. The number of nitrogens with zero attached hydrogens (tertiary/aromatic N) is 2. The molecule has 0 saturated carbocycles. The van der Waals surface area contributed by atoms with E-state index in [2.05, 4.69) is 9.36 Å². The molecule has 2 aromatic rings. The van der Waals surface area contributed by atoms with Crippen LogP contribution in [0.1, 0.15) is 35.8 Å². The molecule has 0 radical (unpaired) electrons. The minimum absolute atomic E-state index is 0.0763. The van der Waals surface area contributed by atoms with Gasteiger partial charge in [0.15, 0.2) is 0 Å². The van der Waals surface area contributed by atoms with Gasteiger partial charge in [0, 0.05) is 12.5 Å². The summed E-state index contributed by atoms with van der Waals surface area (Å²) in [6.07, 6.45) is 1.49.